The highest BCUT2D eigenvalue weighted by molar-refractivity contribution is 5.86. The number of pyridine rings is 1. The van der Waals surface area contributed by atoms with Crippen molar-refractivity contribution in [1.29, 1.82) is 0 Å². The highest BCUT2D eigenvalue weighted by atomic mass is 16.5. The zero-order valence-electron chi connectivity index (χ0n) is 19.1. The van der Waals surface area contributed by atoms with Gasteiger partial charge in [-0.1, -0.05) is 31.5 Å². The molecule has 9 heteroatoms. The van der Waals surface area contributed by atoms with Crippen LogP contribution in [-0.4, -0.2) is 36.4 Å². The number of anilines is 2. The Labute approximate surface area is 192 Å². The van der Waals surface area contributed by atoms with Crippen LogP contribution in [0.25, 0.3) is 11.0 Å². The van der Waals surface area contributed by atoms with Crippen LogP contribution in [0.5, 0.6) is 11.6 Å². The fourth-order valence-electron chi connectivity index (χ4n) is 3.43. The summed E-state index contributed by atoms with van der Waals surface area (Å²) in [5.41, 5.74) is 8.26. The van der Waals surface area contributed by atoms with Gasteiger partial charge in [-0.3, -0.25) is 4.68 Å². The van der Waals surface area contributed by atoms with Gasteiger partial charge in [0.25, 0.3) is 0 Å². The van der Waals surface area contributed by atoms with E-state index < -0.39 is 5.60 Å². The van der Waals surface area contributed by atoms with Crippen molar-refractivity contribution in [3.8, 4) is 11.6 Å². The monoisotopic (exact) mass is 447 g/mol. The number of fused-ring (bicyclic) bond motifs is 1. The molecule has 0 atom stereocenters. The number of nitrogens with zero attached hydrogens (tertiary/aromatic N) is 5. The maximum absolute atomic E-state index is 10.1. The van der Waals surface area contributed by atoms with Crippen molar-refractivity contribution in [2.45, 2.75) is 45.8 Å². The second kappa shape index (κ2) is 9.41. The van der Waals surface area contributed by atoms with Crippen molar-refractivity contribution in [3.63, 3.8) is 0 Å². The SMILES string of the molecule is CCCCNc1nc(N)nc2cnn(Cc3ccc(Oc4ccc(C(C)(C)O)cc4)nc3)c12. The third kappa shape index (κ3) is 5.38. The van der Waals surface area contributed by atoms with E-state index in [1.54, 1.807) is 26.2 Å². The summed E-state index contributed by atoms with van der Waals surface area (Å²) < 4.78 is 7.68. The minimum absolute atomic E-state index is 0.222. The lowest BCUT2D eigenvalue weighted by atomic mass is 9.99. The first-order chi connectivity index (χ1) is 15.8. The number of nitrogens with two attached hydrogens (primary N) is 1. The topological polar surface area (TPSA) is 124 Å². The lowest BCUT2D eigenvalue weighted by molar-refractivity contribution is 0.0785. The van der Waals surface area contributed by atoms with Crippen molar-refractivity contribution in [2.75, 3.05) is 17.6 Å². The minimum Gasteiger partial charge on any atom is -0.439 e. The maximum Gasteiger partial charge on any atom is 0.222 e. The molecule has 0 bridgehead atoms. The molecule has 0 aliphatic carbocycles. The molecule has 9 nitrogen and oxygen atoms in total. The molecular formula is C24H29N7O2. The number of hydrogen-bond acceptors (Lipinski definition) is 8. The van der Waals surface area contributed by atoms with Crippen molar-refractivity contribution in [1.82, 2.24) is 24.7 Å². The van der Waals surface area contributed by atoms with Crippen LogP contribution in [0.4, 0.5) is 11.8 Å². The predicted molar refractivity (Wildman–Crippen MR) is 128 cm³/mol. The average molecular weight is 448 g/mol. The summed E-state index contributed by atoms with van der Waals surface area (Å²) in [5.74, 6) is 2.04. The summed E-state index contributed by atoms with van der Waals surface area (Å²) in [6.07, 6.45) is 5.57. The quantitative estimate of drug-likeness (QED) is 0.328. The molecule has 4 N–H and O–H groups in total. The average Bonchev–Trinajstić information content (AvgIpc) is 3.17. The van der Waals surface area contributed by atoms with Crippen molar-refractivity contribution in [3.05, 3.63) is 59.9 Å². The minimum atomic E-state index is -0.892. The Balaban J connectivity index is 1.49. The van der Waals surface area contributed by atoms with Gasteiger partial charge in [0.15, 0.2) is 5.82 Å². The Kier molecular flexibility index (Phi) is 6.41. The normalized spacial score (nSPS) is 11.6. The Morgan fingerprint density at radius 3 is 2.55 bits per heavy atom. The van der Waals surface area contributed by atoms with Gasteiger partial charge in [-0.2, -0.15) is 10.1 Å². The highest BCUT2D eigenvalue weighted by Gasteiger charge is 2.16. The number of nitrogens with one attached hydrogen (secondary N) is 1. The molecular weight excluding hydrogens is 418 g/mol. The van der Waals surface area contributed by atoms with Crippen LogP contribution >= 0.6 is 0 Å². The van der Waals surface area contributed by atoms with Gasteiger partial charge in [-0.15, -0.1) is 0 Å². The van der Waals surface area contributed by atoms with Crippen LogP contribution in [0, 0.1) is 0 Å². The summed E-state index contributed by atoms with van der Waals surface area (Å²) in [6.45, 7) is 6.94. The van der Waals surface area contributed by atoms with Gasteiger partial charge in [0.05, 0.1) is 18.3 Å². The number of unbranched alkanes of at least 4 members (excludes halogenated alkanes) is 1. The summed E-state index contributed by atoms with van der Waals surface area (Å²) in [4.78, 5) is 13.1. The van der Waals surface area contributed by atoms with E-state index >= 15 is 0 Å². The number of aromatic nitrogens is 5. The molecule has 0 unspecified atom stereocenters. The van der Waals surface area contributed by atoms with Crippen molar-refractivity contribution < 1.29 is 9.84 Å². The first-order valence-corrected chi connectivity index (χ1v) is 11.0. The molecule has 0 saturated heterocycles. The molecule has 4 aromatic rings. The molecule has 0 spiro atoms. The number of aliphatic hydroxyl groups is 1. The Morgan fingerprint density at radius 1 is 1.09 bits per heavy atom. The summed E-state index contributed by atoms with van der Waals surface area (Å²) in [7, 11) is 0. The van der Waals surface area contributed by atoms with Crippen LogP contribution in [-0.2, 0) is 12.1 Å². The summed E-state index contributed by atoms with van der Waals surface area (Å²) >= 11 is 0. The zero-order chi connectivity index (χ0) is 23.4. The van der Waals surface area contributed by atoms with E-state index in [-0.39, 0.29) is 5.95 Å². The maximum atomic E-state index is 10.1. The number of ether oxygens (including phenoxy) is 1. The van der Waals surface area contributed by atoms with E-state index in [1.807, 2.05) is 41.1 Å². The third-order valence-corrected chi connectivity index (χ3v) is 5.24. The Morgan fingerprint density at radius 2 is 1.88 bits per heavy atom. The van der Waals surface area contributed by atoms with Gasteiger partial charge in [-0.25, -0.2) is 9.97 Å². The number of benzene rings is 1. The van der Waals surface area contributed by atoms with Gasteiger partial charge in [-0.05, 0) is 43.5 Å². The largest absolute Gasteiger partial charge is 0.439 e. The predicted octanol–water partition coefficient (Wildman–Crippen LogP) is 4.08. The lowest BCUT2D eigenvalue weighted by Gasteiger charge is -2.17. The van der Waals surface area contributed by atoms with E-state index in [2.05, 4.69) is 32.3 Å². The number of rotatable bonds is 9. The molecule has 3 aromatic heterocycles. The van der Waals surface area contributed by atoms with Crippen LogP contribution in [0.15, 0.2) is 48.8 Å². The van der Waals surface area contributed by atoms with Gasteiger partial charge in [0.1, 0.15) is 16.8 Å². The van der Waals surface area contributed by atoms with E-state index in [0.717, 1.165) is 36.0 Å². The summed E-state index contributed by atoms with van der Waals surface area (Å²) in [5, 5.41) is 17.9. The van der Waals surface area contributed by atoms with Gasteiger partial charge in [0.2, 0.25) is 11.8 Å². The van der Waals surface area contributed by atoms with Crippen LogP contribution in [0.3, 0.4) is 0 Å². The van der Waals surface area contributed by atoms with E-state index in [0.29, 0.717) is 29.5 Å². The van der Waals surface area contributed by atoms with Crippen LogP contribution in [0.2, 0.25) is 0 Å². The van der Waals surface area contributed by atoms with Gasteiger partial charge in [0, 0.05) is 18.8 Å². The van der Waals surface area contributed by atoms with Crippen LogP contribution in [0.1, 0.15) is 44.7 Å². The molecule has 3 heterocycles. The second-order valence-electron chi connectivity index (χ2n) is 8.44. The molecule has 0 amide bonds. The standard InChI is InChI=1S/C24H29N7O2/c1-4-5-12-26-22-21-19(29-23(25)30-22)14-28-31(21)15-16-6-11-20(27-13-16)33-18-9-7-17(8-10-18)24(2,3)32/h6-11,13-14,32H,4-5,12,15H2,1-3H3,(H3,25,26,29,30). The van der Waals surface area contributed by atoms with Gasteiger partial charge < -0.3 is 20.9 Å². The van der Waals surface area contributed by atoms with Crippen molar-refractivity contribution >= 4 is 22.8 Å². The molecule has 33 heavy (non-hydrogen) atoms. The van der Waals surface area contributed by atoms with E-state index in [9.17, 15) is 5.11 Å². The third-order valence-electron chi connectivity index (χ3n) is 5.24. The first kappa shape index (κ1) is 22.5. The second-order valence-corrected chi connectivity index (χ2v) is 8.44. The first-order valence-electron chi connectivity index (χ1n) is 11.0. The molecule has 1 aromatic carbocycles. The fourth-order valence-corrected chi connectivity index (χ4v) is 3.43. The Hall–Kier alpha value is -3.72. The smallest absolute Gasteiger partial charge is 0.222 e. The van der Waals surface area contributed by atoms with Gasteiger partial charge >= 0.3 is 0 Å². The van der Waals surface area contributed by atoms with E-state index in [1.165, 1.54) is 0 Å². The number of hydrogen-bond donors (Lipinski definition) is 3. The lowest BCUT2D eigenvalue weighted by Crippen LogP contribution is -2.14. The molecule has 0 aliphatic heterocycles. The van der Waals surface area contributed by atoms with Crippen LogP contribution < -0.4 is 15.8 Å². The molecule has 0 aliphatic rings. The molecule has 4 rings (SSSR count). The molecule has 0 fully saturated rings. The van der Waals surface area contributed by atoms with Crippen molar-refractivity contribution in [2.24, 2.45) is 0 Å². The molecule has 172 valence electrons. The van der Waals surface area contributed by atoms with E-state index in [4.69, 9.17) is 10.5 Å². The molecule has 0 radical (unpaired) electrons. The number of nitrogen functional groups attached to an aromatic ring is 1. The summed E-state index contributed by atoms with van der Waals surface area (Å²) in [6, 6.07) is 11.1. The fraction of sp³-hybridized carbons (Fsp3) is 0.333. The zero-order valence-corrected chi connectivity index (χ0v) is 19.1. The highest BCUT2D eigenvalue weighted by Crippen LogP contribution is 2.26. The molecule has 0 saturated carbocycles. The Bertz CT molecular complexity index is 1210.